The lowest BCUT2D eigenvalue weighted by Crippen LogP contribution is -2.19. The number of hydrogen-bond acceptors (Lipinski definition) is 4. The van der Waals surface area contributed by atoms with Crippen molar-refractivity contribution in [2.75, 3.05) is 32.2 Å². The van der Waals surface area contributed by atoms with Crippen LogP contribution in [0.3, 0.4) is 0 Å². The number of anilines is 1. The Balaban J connectivity index is 1.94. The average Bonchev–Trinajstić information content (AvgIpc) is 2.97. The number of hydrogen-bond donors (Lipinski definition) is 1. The van der Waals surface area contributed by atoms with E-state index in [4.69, 9.17) is 20.8 Å². The standard InChI is InChI=1S/C16H21ClN2O2/c1-19(12-15-4-3-8-21-15)14-6-5-13(16(17)10-14)11-18-7-9-20-2/h3-6,8,10,18H,7,9,11-12H2,1-2H3. The van der Waals surface area contributed by atoms with E-state index in [1.807, 2.05) is 25.2 Å². The van der Waals surface area contributed by atoms with Gasteiger partial charge in [0.15, 0.2) is 0 Å². The zero-order chi connectivity index (χ0) is 15.1. The van der Waals surface area contributed by atoms with E-state index in [1.165, 1.54) is 0 Å². The highest BCUT2D eigenvalue weighted by Gasteiger charge is 2.07. The van der Waals surface area contributed by atoms with Crippen LogP contribution in [-0.4, -0.2) is 27.3 Å². The van der Waals surface area contributed by atoms with Gasteiger partial charge >= 0.3 is 0 Å². The van der Waals surface area contributed by atoms with Crippen LogP contribution in [0.2, 0.25) is 5.02 Å². The molecule has 1 aromatic heterocycles. The first-order valence-electron chi connectivity index (χ1n) is 6.92. The zero-order valence-electron chi connectivity index (χ0n) is 12.4. The maximum absolute atomic E-state index is 6.35. The Bertz CT molecular complexity index is 543. The summed E-state index contributed by atoms with van der Waals surface area (Å²) in [5.41, 5.74) is 2.15. The molecule has 0 unspecified atom stereocenters. The molecule has 5 heteroatoms. The number of ether oxygens (including phenoxy) is 1. The Morgan fingerprint density at radius 1 is 1.33 bits per heavy atom. The quantitative estimate of drug-likeness (QED) is 0.759. The van der Waals surface area contributed by atoms with Crippen molar-refractivity contribution in [2.24, 2.45) is 0 Å². The lowest BCUT2D eigenvalue weighted by Gasteiger charge is -2.19. The summed E-state index contributed by atoms with van der Waals surface area (Å²) in [5.74, 6) is 0.930. The Morgan fingerprint density at radius 3 is 2.86 bits per heavy atom. The van der Waals surface area contributed by atoms with Crippen LogP contribution in [0.1, 0.15) is 11.3 Å². The highest BCUT2D eigenvalue weighted by Crippen LogP contribution is 2.24. The second-order valence-electron chi connectivity index (χ2n) is 4.88. The molecule has 1 aromatic carbocycles. The lowest BCUT2D eigenvalue weighted by atomic mass is 10.2. The maximum Gasteiger partial charge on any atom is 0.123 e. The van der Waals surface area contributed by atoms with Gasteiger partial charge in [0, 0.05) is 38.0 Å². The molecule has 2 aromatic rings. The number of furan rings is 1. The van der Waals surface area contributed by atoms with Gasteiger partial charge in [0.1, 0.15) is 5.76 Å². The number of rotatable bonds is 8. The van der Waals surface area contributed by atoms with Gasteiger partial charge in [0.25, 0.3) is 0 Å². The molecule has 0 saturated carbocycles. The molecule has 1 heterocycles. The molecule has 0 fully saturated rings. The van der Waals surface area contributed by atoms with E-state index in [0.717, 1.165) is 41.7 Å². The lowest BCUT2D eigenvalue weighted by molar-refractivity contribution is 0.199. The van der Waals surface area contributed by atoms with Gasteiger partial charge in [0.2, 0.25) is 0 Å². The molecule has 1 N–H and O–H groups in total. The van der Waals surface area contributed by atoms with Crippen molar-refractivity contribution in [3.63, 3.8) is 0 Å². The van der Waals surface area contributed by atoms with E-state index in [0.29, 0.717) is 6.61 Å². The Morgan fingerprint density at radius 2 is 2.19 bits per heavy atom. The molecule has 0 aliphatic carbocycles. The summed E-state index contributed by atoms with van der Waals surface area (Å²) in [6.07, 6.45) is 1.69. The largest absolute Gasteiger partial charge is 0.467 e. The molecule has 0 bridgehead atoms. The second kappa shape index (κ2) is 8.08. The molecule has 4 nitrogen and oxygen atoms in total. The first-order valence-corrected chi connectivity index (χ1v) is 7.30. The van der Waals surface area contributed by atoms with E-state index in [1.54, 1.807) is 13.4 Å². The maximum atomic E-state index is 6.35. The summed E-state index contributed by atoms with van der Waals surface area (Å²) in [6, 6.07) is 9.97. The minimum Gasteiger partial charge on any atom is -0.467 e. The Labute approximate surface area is 130 Å². The first kappa shape index (κ1) is 15.9. The van der Waals surface area contributed by atoms with Gasteiger partial charge in [0.05, 0.1) is 19.4 Å². The van der Waals surface area contributed by atoms with Gasteiger partial charge in [-0.2, -0.15) is 0 Å². The van der Waals surface area contributed by atoms with E-state index >= 15 is 0 Å². The first-order chi connectivity index (χ1) is 10.2. The van der Waals surface area contributed by atoms with E-state index < -0.39 is 0 Å². The fourth-order valence-electron chi connectivity index (χ4n) is 2.04. The molecule has 0 aliphatic rings. The fourth-order valence-corrected chi connectivity index (χ4v) is 2.28. The molecule has 0 spiro atoms. The van der Waals surface area contributed by atoms with E-state index in [2.05, 4.69) is 22.3 Å². The molecule has 0 radical (unpaired) electrons. The predicted octanol–water partition coefficient (Wildman–Crippen LogP) is 3.31. The Kier molecular flexibility index (Phi) is 6.11. The van der Waals surface area contributed by atoms with Crippen molar-refractivity contribution in [3.8, 4) is 0 Å². The minimum absolute atomic E-state index is 0.696. The van der Waals surface area contributed by atoms with Crippen LogP contribution in [-0.2, 0) is 17.8 Å². The van der Waals surface area contributed by atoms with Crippen LogP contribution in [0.15, 0.2) is 41.0 Å². The third-order valence-corrected chi connectivity index (χ3v) is 3.60. The summed E-state index contributed by atoms with van der Waals surface area (Å²) < 4.78 is 10.4. The summed E-state index contributed by atoms with van der Waals surface area (Å²) >= 11 is 6.35. The van der Waals surface area contributed by atoms with E-state index in [9.17, 15) is 0 Å². The van der Waals surface area contributed by atoms with Crippen LogP contribution in [0.25, 0.3) is 0 Å². The molecular weight excluding hydrogens is 288 g/mol. The number of benzene rings is 1. The summed E-state index contributed by atoms with van der Waals surface area (Å²) in [4.78, 5) is 2.10. The molecule has 21 heavy (non-hydrogen) atoms. The molecule has 0 atom stereocenters. The second-order valence-corrected chi connectivity index (χ2v) is 5.29. The minimum atomic E-state index is 0.696. The van der Waals surface area contributed by atoms with Crippen molar-refractivity contribution in [2.45, 2.75) is 13.1 Å². The Hall–Kier alpha value is -1.49. The number of nitrogens with zero attached hydrogens (tertiary/aromatic N) is 1. The van der Waals surface area contributed by atoms with Crippen molar-refractivity contribution in [1.29, 1.82) is 0 Å². The smallest absolute Gasteiger partial charge is 0.123 e. The predicted molar refractivity (Wildman–Crippen MR) is 85.8 cm³/mol. The third-order valence-electron chi connectivity index (χ3n) is 3.25. The molecule has 0 amide bonds. The average molecular weight is 309 g/mol. The molecule has 0 saturated heterocycles. The summed E-state index contributed by atoms with van der Waals surface area (Å²) in [6.45, 7) is 2.97. The van der Waals surface area contributed by atoms with Crippen molar-refractivity contribution < 1.29 is 9.15 Å². The third kappa shape index (κ3) is 4.77. The molecular formula is C16H21ClN2O2. The number of methoxy groups -OCH3 is 1. The summed E-state index contributed by atoms with van der Waals surface area (Å²) in [7, 11) is 3.71. The van der Waals surface area contributed by atoms with Gasteiger partial charge in [-0.05, 0) is 29.8 Å². The van der Waals surface area contributed by atoms with Crippen molar-refractivity contribution >= 4 is 17.3 Å². The molecule has 114 valence electrons. The van der Waals surface area contributed by atoms with Crippen LogP contribution in [0.5, 0.6) is 0 Å². The van der Waals surface area contributed by atoms with Crippen LogP contribution in [0.4, 0.5) is 5.69 Å². The highest BCUT2D eigenvalue weighted by molar-refractivity contribution is 6.31. The van der Waals surface area contributed by atoms with Gasteiger partial charge in [-0.1, -0.05) is 17.7 Å². The monoisotopic (exact) mass is 308 g/mol. The number of nitrogens with one attached hydrogen (secondary N) is 1. The van der Waals surface area contributed by atoms with Gasteiger partial charge < -0.3 is 19.4 Å². The zero-order valence-corrected chi connectivity index (χ0v) is 13.2. The van der Waals surface area contributed by atoms with Crippen molar-refractivity contribution in [3.05, 3.63) is 52.9 Å². The van der Waals surface area contributed by atoms with Crippen LogP contribution < -0.4 is 10.2 Å². The van der Waals surface area contributed by atoms with Gasteiger partial charge in [-0.3, -0.25) is 0 Å². The highest BCUT2D eigenvalue weighted by atomic mass is 35.5. The van der Waals surface area contributed by atoms with E-state index in [-0.39, 0.29) is 0 Å². The van der Waals surface area contributed by atoms with Gasteiger partial charge in [-0.25, -0.2) is 0 Å². The SMILES string of the molecule is COCCNCc1ccc(N(C)Cc2ccco2)cc1Cl. The fraction of sp³-hybridized carbons (Fsp3) is 0.375. The normalized spacial score (nSPS) is 10.8. The molecule has 2 rings (SSSR count). The molecule has 0 aliphatic heterocycles. The number of halogens is 1. The summed E-state index contributed by atoms with van der Waals surface area (Å²) in [5, 5.41) is 4.06. The van der Waals surface area contributed by atoms with Crippen LogP contribution >= 0.6 is 11.6 Å². The van der Waals surface area contributed by atoms with Gasteiger partial charge in [-0.15, -0.1) is 0 Å². The van der Waals surface area contributed by atoms with Crippen LogP contribution in [0, 0.1) is 0 Å². The van der Waals surface area contributed by atoms with Crippen molar-refractivity contribution in [1.82, 2.24) is 5.32 Å². The topological polar surface area (TPSA) is 37.6 Å².